The molecule has 15 aromatic rings. The monoisotopic (exact) mass is 1030 g/mol. The number of furan rings is 2. The van der Waals surface area contributed by atoms with E-state index >= 15 is 0 Å². The van der Waals surface area contributed by atoms with Crippen LogP contribution in [0, 0.1) is 0 Å². The summed E-state index contributed by atoms with van der Waals surface area (Å²) in [6.07, 6.45) is 1.08. The van der Waals surface area contributed by atoms with Crippen molar-refractivity contribution >= 4 is 168 Å². The first-order valence-electron chi connectivity index (χ1n) is 22.7. The molecule has 0 radical (unpaired) electrons. The predicted molar refractivity (Wildman–Crippen MR) is 300 cm³/mol. The zero-order chi connectivity index (χ0) is 45.9. The Kier molecular flexibility index (Phi) is 9.59. The topological polar surface area (TPSA) is 31.2 Å². The van der Waals surface area contributed by atoms with Crippen LogP contribution in [0.1, 0.15) is 11.1 Å². The van der Waals surface area contributed by atoms with E-state index in [1.54, 1.807) is 0 Å². The normalized spacial score (nSPS) is 12.2. The lowest BCUT2D eigenvalue weighted by atomic mass is 9.99. The molecule has 5 aromatic heterocycles. The van der Waals surface area contributed by atoms with Gasteiger partial charge in [-0.1, -0.05) is 145 Å². The number of nitrogens with zero attached hydrogens (tertiary/aromatic N) is 1. The lowest BCUT2D eigenvalue weighted by molar-refractivity contribution is 0.666. The summed E-state index contributed by atoms with van der Waals surface area (Å²) < 4.78 is 20.9. The fraction of sp³-hybridized carbons (Fsp3) is 0.0164. The first-order chi connectivity index (χ1) is 34.0. The molecule has 0 saturated carbocycles. The molecule has 0 fully saturated rings. The van der Waals surface area contributed by atoms with Gasteiger partial charge >= 0.3 is 0 Å². The van der Waals surface area contributed by atoms with Crippen LogP contribution in [-0.2, 0) is 6.42 Å². The zero-order valence-electron chi connectivity index (χ0n) is 36.4. The van der Waals surface area contributed by atoms with Crippen molar-refractivity contribution in [1.29, 1.82) is 0 Å². The van der Waals surface area contributed by atoms with Crippen LogP contribution in [0.2, 0.25) is 10.0 Å². The van der Waals surface area contributed by atoms with Gasteiger partial charge in [0.05, 0.1) is 31.2 Å². The Bertz CT molecular complexity index is 4590. The number of benzene rings is 10. The molecule has 16 rings (SSSR count). The van der Waals surface area contributed by atoms with Crippen molar-refractivity contribution < 1.29 is 8.83 Å². The molecule has 328 valence electrons. The maximum Gasteiger partial charge on any atom is 0.159 e. The van der Waals surface area contributed by atoms with Crippen LogP contribution in [0.15, 0.2) is 207 Å². The van der Waals surface area contributed by atoms with Crippen LogP contribution >= 0.6 is 61.8 Å². The van der Waals surface area contributed by atoms with E-state index in [2.05, 4.69) is 160 Å². The van der Waals surface area contributed by atoms with Crippen molar-refractivity contribution in [3.8, 4) is 16.8 Å². The van der Waals surface area contributed by atoms with Crippen LogP contribution in [0.3, 0.4) is 0 Å². The van der Waals surface area contributed by atoms with Gasteiger partial charge in [-0.25, -0.2) is 0 Å². The first kappa shape index (κ1) is 41.1. The third-order valence-electron chi connectivity index (χ3n) is 13.6. The van der Waals surface area contributed by atoms with Crippen molar-refractivity contribution in [1.82, 2.24) is 4.57 Å². The van der Waals surface area contributed by atoms with Gasteiger partial charge in [0.1, 0.15) is 16.7 Å². The number of fused-ring (bicyclic) bond motifs is 20. The summed E-state index contributed by atoms with van der Waals surface area (Å²) >= 11 is 20.0. The molecule has 0 N–H and O–H groups in total. The Morgan fingerprint density at radius 2 is 0.971 bits per heavy atom. The number of hydrogen-bond acceptors (Lipinski definition) is 4. The summed E-state index contributed by atoms with van der Waals surface area (Å²) in [6.45, 7) is 0. The molecule has 1 aliphatic carbocycles. The quantitative estimate of drug-likeness (QED) is 0.164. The summed E-state index contributed by atoms with van der Waals surface area (Å²) in [7, 11) is 0. The van der Waals surface area contributed by atoms with Crippen LogP contribution in [-0.4, -0.2) is 4.57 Å². The fourth-order valence-electron chi connectivity index (χ4n) is 10.7. The van der Waals surface area contributed by atoms with E-state index in [0.29, 0.717) is 5.02 Å². The molecule has 0 amide bonds. The minimum Gasteiger partial charge on any atom is -0.455 e. The first-order valence-corrected chi connectivity index (χ1v) is 25.9. The number of hydrogen-bond donors (Lipinski definition) is 0. The maximum atomic E-state index is 6.59. The molecule has 0 saturated heterocycles. The van der Waals surface area contributed by atoms with Gasteiger partial charge in [0.25, 0.3) is 0 Å². The van der Waals surface area contributed by atoms with Crippen LogP contribution in [0.4, 0.5) is 0 Å². The van der Waals surface area contributed by atoms with Crippen molar-refractivity contribution in [3.63, 3.8) is 0 Å². The van der Waals surface area contributed by atoms with Gasteiger partial charge in [-0.15, -0.1) is 22.7 Å². The van der Waals surface area contributed by atoms with E-state index in [1.807, 2.05) is 77.3 Å². The van der Waals surface area contributed by atoms with Gasteiger partial charge in [0, 0.05) is 72.7 Å². The van der Waals surface area contributed by atoms with Crippen LogP contribution in [0.25, 0.3) is 123 Å². The third kappa shape index (κ3) is 6.37. The molecule has 69 heavy (non-hydrogen) atoms. The smallest absolute Gasteiger partial charge is 0.159 e. The lowest BCUT2D eigenvalue weighted by Crippen LogP contribution is -1.94. The maximum absolute atomic E-state index is 6.59. The molecule has 0 atom stereocenters. The van der Waals surface area contributed by atoms with Crippen LogP contribution in [0.5, 0.6) is 0 Å². The van der Waals surface area contributed by atoms with Crippen molar-refractivity contribution in [3.05, 3.63) is 220 Å². The molecule has 0 unspecified atom stereocenters. The number of halogens is 3. The largest absolute Gasteiger partial charge is 0.455 e. The summed E-state index contributed by atoms with van der Waals surface area (Å²) in [5.41, 5.74) is 12.5. The van der Waals surface area contributed by atoms with E-state index < -0.39 is 0 Å². The summed E-state index contributed by atoms with van der Waals surface area (Å²) in [5, 5.41) is 13.5. The third-order valence-corrected chi connectivity index (χ3v) is 17.1. The average Bonchev–Trinajstić information content (AvgIpc) is 4.24. The van der Waals surface area contributed by atoms with Crippen LogP contribution < -0.4 is 0 Å². The van der Waals surface area contributed by atoms with E-state index in [0.717, 1.165) is 65.5 Å². The number of rotatable bonds is 1. The molecule has 1 aliphatic rings. The summed E-state index contributed by atoms with van der Waals surface area (Å²) in [4.78, 5) is 0. The molecule has 3 nitrogen and oxygen atoms in total. The minimum atomic E-state index is 0.710. The van der Waals surface area contributed by atoms with Crippen molar-refractivity contribution in [2.24, 2.45) is 0 Å². The highest BCUT2D eigenvalue weighted by atomic mass is 79.9. The van der Waals surface area contributed by atoms with E-state index in [-0.39, 0.29) is 0 Å². The number of aromatic nitrogens is 1. The van der Waals surface area contributed by atoms with E-state index in [1.165, 1.54) is 84.4 Å². The Morgan fingerprint density at radius 3 is 1.72 bits per heavy atom. The number of para-hydroxylation sites is 3. The molecule has 10 aromatic carbocycles. The van der Waals surface area contributed by atoms with Gasteiger partial charge in [0.2, 0.25) is 0 Å². The Balaban J connectivity index is 0.000000108. The number of thiophene rings is 2. The average molecular weight is 1030 g/mol. The molecule has 0 bridgehead atoms. The van der Waals surface area contributed by atoms with Gasteiger partial charge in [-0.05, 0) is 117 Å². The molecule has 0 spiro atoms. The fourth-order valence-corrected chi connectivity index (χ4v) is 13.9. The van der Waals surface area contributed by atoms with E-state index in [4.69, 9.17) is 32.0 Å². The van der Waals surface area contributed by atoms with Gasteiger partial charge in [-0.2, -0.15) is 0 Å². The molecular weight excluding hydrogens is 994 g/mol. The highest BCUT2D eigenvalue weighted by Crippen LogP contribution is 2.48. The highest BCUT2D eigenvalue weighted by molar-refractivity contribution is 9.10. The zero-order valence-corrected chi connectivity index (χ0v) is 41.1. The summed E-state index contributed by atoms with van der Waals surface area (Å²) in [6, 6.07) is 67.9. The lowest BCUT2D eigenvalue weighted by Gasteiger charge is -2.08. The van der Waals surface area contributed by atoms with Gasteiger partial charge < -0.3 is 13.4 Å². The second-order valence-corrected chi connectivity index (χ2v) is 21.2. The summed E-state index contributed by atoms with van der Waals surface area (Å²) in [5.74, 6) is 0. The van der Waals surface area contributed by atoms with Crippen molar-refractivity contribution in [2.45, 2.75) is 6.42 Å². The van der Waals surface area contributed by atoms with Crippen molar-refractivity contribution in [2.75, 3.05) is 0 Å². The van der Waals surface area contributed by atoms with Gasteiger partial charge in [-0.3, -0.25) is 0 Å². The molecule has 5 heterocycles. The minimum absolute atomic E-state index is 0.710. The van der Waals surface area contributed by atoms with E-state index in [9.17, 15) is 0 Å². The SMILES string of the molecule is Clc1cccc2oc3c(-n4c5ccccc5c5c6c(ccc54)sc4ccccc46)cccc3c12.Clc1cccc2oc3c(Br)cccc3c12.c1ccc2c(c1)Cc1ccc3sc4ccccc4c3c1-2. The molecule has 0 aliphatic heterocycles. The second-order valence-electron chi connectivity index (χ2n) is 17.4. The molecule has 8 heteroatoms. The second kappa shape index (κ2) is 16.1. The molecular formula is C61H34BrCl2NO2S2. The predicted octanol–water partition coefficient (Wildman–Crippen LogP) is 20.3. The standard InChI is InChI=1S/C30H16ClNOS.C19H12S.C12H6BrClO/c31-20-10-6-13-24-27(20)19-9-5-12-23(30(19)33-24)32-21-11-3-1-7-17(21)28-22(32)15-16-26-29(28)18-8-2-4-14-25(18)34-26;1-2-6-14-12(5-1)11-13-9-10-17-19(18(13)14)15-7-3-4-8-16(15)20-17;13-8-4-1-3-7-11-9(14)5-2-6-10(11)15-12(7)8/h1-16H;1-10H,11H2;1-6H. The highest BCUT2D eigenvalue weighted by Gasteiger charge is 2.23. The Morgan fingerprint density at radius 1 is 0.406 bits per heavy atom. The Labute approximate surface area is 421 Å². The van der Waals surface area contributed by atoms with Gasteiger partial charge in [0.15, 0.2) is 5.58 Å². The Hall–Kier alpha value is -6.90.